The standard InChI is InChI=1S/C12H26N2O4S/c15-11-10-14-8-6-13(7-9-14)5-3-1-2-4-12-19(16,17)18/h15H,1-12H2,(H,16,17,18). The molecule has 0 aliphatic carbocycles. The summed E-state index contributed by atoms with van der Waals surface area (Å²) in [5, 5.41) is 8.85. The number of aliphatic hydroxyl groups excluding tert-OH is 1. The topological polar surface area (TPSA) is 81.1 Å². The van der Waals surface area contributed by atoms with Crippen LogP contribution >= 0.6 is 0 Å². The van der Waals surface area contributed by atoms with Crippen molar-refractivity contribution in [2.24, 2.45) is 0 Å². The molecule has 1 aliphatic heterocycles. The zero-order valence-electron chi connectivity index (χ0n) is 11.5. The lowest BCUT2D eigenvalue weighted by Crippen LogP contribution is -2.47. The molecule has 1 fully saturated rings. The van der Waals surface area contributed by atoms with E-state index in [-0.39, 0.29) is 12.4 Å². The summed E-state index contributed by atoms with van der Waals surface area (Å²) < 4.78 is 29.6. The van der Waals surface area contributed by atoms with E-state index < -0.39 is 10.1 Å². The van der Waals surface area contributed by atoms with E-state index in [9.17, 15) is 8.42 Å². The Balaban J connectivity index is 1.96. The van der Waals surface area contributed by atoms with E-state index in [4.69, 9.17) is 9.66 Å². The van der Waals surface area contributed by atoms with Gasteiger partial charge in [0.2, 0.25) is 0 Å². The van der Waals surface area contributed by atoms with Crippen LogP contribution in [-0.2, 0) is 10.1 Å². The number of aliphatic hydroxyl groups is 1. The number of nitrogens with zero attached hydrogens (tertiary/aromatic N) is 2. The average molecular weight is 294 g/mol. The third kappa shape index (κ3) is 8.54. The first kappa shape index (κ1) is 16.8. The van der Waals surface area contributed by atoms with Crippen LogP contribution in [0.15, 0.2) is 0 Å². The summed E-state index contributed by atoms with van der Waals surface area (Å²) in [6, 6.07) is 0. The number of rotatable bonds is 9. The van der Waals surface area contributed by atoms with Gasteiger partial charge in [0, 0.05) is 32.7 Å². The van der Waals surface area contributed by atoms with E-state index in [1.165, 1.54) is 0 Å². The lowest BCUT2D eigenvalue weighted by atomic mass is 10.2. The van der Waals surface area contributed by atoms with Gasteiger partial charge in [0.05, 0.1) is 12.4 Å². The van der Waals surface area contributed by atoms with Gasteiger partial charge in [0.1, 0.15) is 0 Å². The highest BCUT2D eigenvalue weighted by atomic mass is 32.2. The first-order valence-electron chi connectivity index (χ1n) is 7.02. The highest BCUT2D eigenvalue weighted by molar-refractivity contribution is 7.85. The van der Waals surface area contributed by atoms with Crippen molar-refractivity contribution in [2.45, 2.75) is 25.7 Å². The van der Waals surface area contributed by atoms with Gasteiger partial charge in [0.25, 0.3) is 10.1 Å². The smallest absolute Gasteiger partial charge is 0.264 e. The molecule has 0 aromatic rings. The maximum absolute atomic E-state index is 10.5. The minimum atomic E-state index is -3.78. The van der Waals surface area contributed by atoms with Crippen LogP contribution in [0.4, 0.5) is 0 Å². The molecule has 0 amide bonds. The van der Waals surface area contributed by atoms with Crippen molar-refractivity contribution < 1.29 is 18.1 Å². The summed E-state index contributed by atoms with van der Waals surface area (Å²) in [6.07, 6.45) is 3.48. The molecule has 1 heterocycles. The van der Waals surface area contributed by atoms with Crippen LogP contribution in [0, 0.1) is 0 Å². The molecule has 0 unspecified atom stereocenters. The van der Waals surface area contributed by atoms with E-state index in [1.54, 1.807) is 0 Å². The number of unbranched alkanes of at least 4 members (excludes halogenated alkanes) is 3. The van der Waals surface area contributed by atoms with E-state index in [1.807, 2.05) is 0 Å². The minimum Gasteiger partial charge on any atom is -0.395 e. The molecule has 1 saturated heterocycles. The Morgan fingerprint density at radius 3 is 1.89 bits per heavy atom. The Bertz CT molecular complexity index is 327. The summed E-state index contributed by atoms with van der Waals surface area (Å²) in [7, 11) is -3.78. The van der Waals surface area contributed by atoms with E-state index in [0.29, 0.717) is 6.42 Å². The summed E-state index contributed by atoms with van der Waals surface area (Å²) in [5.74, 6) is -0.118. The molecular formula is C12H26N2O4S. The summed E-state index contributed by atoms with van der Waals surface area (Å²) in [6.45, 7) is 6.18. The van der Waals surface area contributed by atoms with E-state index >= 15 is 0 Å². The molecule has 0 spiro atoms. The monoisotopic (exact) mass is 294 g/mol. The first-order chi connectivity index (χ1) is 9.01. The van der Waals surface area contributed by atoms with Gasteiger partial charge in [-0.15, -0.1) is 0 Å². The zero-order valence-corrected chi connectivity index (χ0v) is 12.3. The average Bonchev–Trinajstić information content (AvgIpc) is 2.35. The van der Waals surface area contributed by atoms with Crippen molar-refractivity contribution in [2.75, 3.05) is 51.6 Å². The van der Waals surface area contributed by atoms with E-state index in [0.717, 1.165) is 58.5 Å². The van der Waals surface area contributed by atoms with Crippen molar-refractivity contribution in [1.82, 2.24) is 9.80 Å². The molecule has 0 radical (unpaired) electrons. The van der Waals surface area contributed by atoms with Gasteiger partial charge >= 0.3 is 0 Å². The van der Waals surface area contributed by atoms with Gasteiger partial charge in [-0.1, -0.05) is 12.8 Å². The van der Waals surface area contributed by atoms with Gasteiger partial charge in [-0.25, -0.2) is 0 Å². The predicted octanol–water partition coefficient (Wildman–Crippen LogP) is 0.0445. The highest BCUT2D eigenvalue weighted by Gasteiger charge is 2.15. The van der Waals surface area contributed by atoms with E-state index in [2.05, 4.69) is 9.80 Å². The fraction of sp³-hybridized carbons (Fsp3) is 1.00. The number of hydrogen-bond donors (Lipinski definition) is 2. The second-order valence-corrected chi connectivity index (χ2v) is 6.68. The minimum absolute atomic E-state index is 0.118. The normalized spacial score (nSPS) is 18.8. The van der Waals surface area contributed by atoms with Crippen LogP contribution < -0.4 is 0 Å². The van der Waals surface area contributed by atoms with Crippen LogP contribution in [0.2, 0.25) is 0 Å². The molecule has 0 bridgehead atoms. The quantitative estimate of drug-likeness (QED) is 0.462. The lowest BCUT2D eigenvalue weighted by Gasteiger charge is -2.34. The Kier molecular flexibility index (Phi) is 7.86. The highest BCUT2D eigenvalue weighted by Crippen LogP contribution is 2.06. The molecule has 1 rings (SSSR count). The molecule has 1 aliphatic rings. The molecule has 0 aromatic heterocycles. The Morgan fingerprint density at radius 1 is 0.842 bits per heavy atom. The largest absolute Gasteiger partial charge is 0.395 e. The SMILES string of the molecule is O=S(=O)(O)CCCCCCN1CCN(CCO)CC1. The third-order valence-corrected chi connectivity index (χ3v) is 4.31. The molecule has 7 heteroatoms. The van der Waals surface area contributed by atoms with Crippen molar-refractivity contribution >= 4 is 10.1 Å². The second-order valence-electron chi connectivity index (χ2n) is 5.11. The first-order valence-corrected chi connectivity index (χ1v) is 8.63. The van der Waals surface area contributed by atoms with Gasteiger partial charge in [0.15, 0.2) is 0 Å². The van der Waals surface area contributed by atoms with Crippen LogP contribution in [0.1, 0.15) is 25.7 Å². The molecule has 114 valence electrons. The Hall–Kier alpha value is -0.210. The molecular weight excluding hydrogens is 268 g/mol. The fourth-order valence-corrected chi connectivity index (χ4v) is 2.92. The van der Waals surface area contributed by atoms with Crippen LogP contribution in [-0.4, -0.2) is 79.5 Å². The van der Waals surface area contributed by atoms with Gasteiger partial charge in [-0.2, -0.15) is 8.42 Å². The van der Waals surface area contributed by atoms with Crippen LogP contribution in [0.5, 0.6) is 0 Å². The van der Waals surface area contributed by atoms with Crippen molar-refractivity contribution in [3.8, 4) is 0 Å². The summed E-state index contributed by atoms with van der Waals surface area (Å²) in [4.78, 5) is 4.68. The van der Waals surface area contributed by atoms with Gasteiger partial charge < -0.3 is 10.0 Å². The third-order valence-electron chi connectivity index (χ3n) is 3.51. The van der Waals surface area contributed by atoms with Gasteiger partial charge in [-0.05, 0) is 19.4 Å². The molecule has 0 aromatic carbocycles. The number of β-amino-alcohol motifs (C(OH)–C–C–N with tert-alkyl or cyclic N) is 1. The Labute approximate surface area is 116 Å². The zero-order chi connectivity index (χ0) is 14.1. The maximum Gasteiger partial charge on any atom is 0.264 e. The Morgan fingerprint density at radius 2 is 1.37 bits per heavy atom. The van der Waals surface area contributed by atoms with Crippen molar-refractivity contribution in [1.29, 1.82) is 0 Å². The van der Waals surface area contributed by atoms with Crippen LogP contribution in [0.3, 0.4) is 0 Å². The lowest BCUT2D eigenvalue weighted by molar-refractivity contribution is 0.111. The second kappa shape index (κ2) is 8.86. The molecule has 6 nitrogen and oxygen atoms in total. The summed E-state index contributed by atoms with van der Waals surface area (Å²) in [5.41, 5.74) is 0. The predicted molar refractivity (Wildman–Crippen MR) is 74.8 cm³/mol. The van der Waals surface area contributed by atoms with Crippen molar-refractivity contribution in [3.63, 3.8) is 0 Å². The maximum atomic E-state index is 10.5. The molecule has 0 saturated carbocycles. The van der Waals surface area contributed by atoms with Crippen LogP contribution in [0.25, 0.3) is 0 Å². The molecule has 2 N–H and O–H groups in total. The van der Waals surface area contributed by atoms with Gasteiger partial charge in [-0.3, -0.25) is 9.45 Å². The number of piperazine rings is 1. The fourth-order valence-electron chi connectivity index (χ4n) is 2.35. The number of hydrogen-bond acceptors (Lipinski definition) is 5. The summed E-state index contributed by atoms with van der Waals surface area (Å²) >= 11 is 0. The molecule has 19 heavy (non-hydrogen) atoms. The molecule has 0 atom stereocenters. The van der Waals surface area contributed by atoms with Crippen molar-refractivity contribution in [3.05, 3.63) is 0 Å².